The predicted octanol–water partition coefficient (Wildman–Crippen LogP) is 3.32. The topological polar surface area (TPSA) is 96.0 Å². The number of hydrogen-bond donors (Lipinski definition) is 1. The smallest absolute Gasteiger partial charge is 0.244 e. The van der Waals surface area contributed by atoms with E-state index in [0.29, 0.717) is 11.4 Å². The number of rotatable bonds is 10. The first-order chi connectivity index (χ1) is 15.5. The van der Waals surface area contributed by atoms with E-state index >= 15 is 0 Å². The van der Waals surface area contributed by atoms with Gasteiger partial charge in [0, 0.05) is 23.6 Å². The fraction of sp³-hybridized carbons (Fsp3) is 0.364. The Labute approximate surface area is 204 Å². The lowest BCUT2D eigenvalue weighted by atomic mass is 10.1. The number of sulfonamides is 1. The molecule has 0 saturated carbocycles. The molecule has 8 nitrogen and oxygen atoms in total. The zero-order chi connectivity index (χ0) is 24.8. The van der Waals surface area contributed by atoms with Crippen molar-refractivity contribution >= 4 is 50.7 Å². The van der Waals surface area contributed by atoms with Crippen LogP contribution in [-0.4, -0.2) is 58.1 Å². The van der Waals surface area contributed by atoms with Crippen molar-refractivity contribution in [1.82, 2.24) is 10.2 Å². The van der Waals surface area contributed by atoms with Crippen molar-refractivity contribution in [2.45, 2.75) is 25.9 Å². The van der Waals surface area contributed by atoms with Crippen molar-refractivity contribution in [3.63, 3.8) is 0 Å². The number of hydrogen-bond acceptors (Lipinski definition) is 5. The van der Waals surface area contributed by atoms with E-state index in [1.165, 1.54) is 31.2 Å². The Morgan fingerprint density at radius 1 is 1.09 bits per heavy atom. The molecule has 0 bridgehead atoms. The van der Waals surface area contributed by atoms with Gasteiger partial charge in [-0.25, -0.2) is 8.42 Å². The number of halogens is 2. The molecule has 0 aromatic heterocycles. The number of carbonyl (C=O) groups excluding carboxylic acids is 2. The standard InChI is InChI=1S/C22H27Cl2N3O5S/c1-5-18(22(29)25-2)26(13-15-6-8-16(23)9-7-15)21(28)14-27(33(4,30)31)19-12-17(24)10-11-20(19)32-3/h6-12,18H,5,13-14H2,1-4H3,(H,25,29)/t18-/m1/s1. The molecule has 0 heterocycles. The fourth-order valence-corrected chi connectivity index (χ4v) is 4.46. The predicted molar refractivity (Wildman–Crippen MR) is 130 cm³/mol. The molecule has 2 aromatic rings. The first kappa shape index (κ1) is 26.8. The van der Waals surface area contributed by atoms with Crippen molar-refractivity contribution in [2.75, 3.05) is 31.3 Å². The van der Waals surface area contributed by atoms with Gasteiger partial charge < -0.3 is 15.0 Å². The average Bonchev–Trinajstić information content (AvgIpc) is 2.77. The zero-order valence-corrected chi connectivity index (χ0v) is 21.2. The van der Waals surface area contributed by atoms with Crippen LogP contribution >= 0.6 is 23.2 Å². The molecule has 2 aromatic carbocycles. The first-order valence-electron chi connectivity index (χ1n) is 10.1. The maximum absolute atomic E-state index is 13.5. The summed E-state index contributed by atoms with van der Waals surface area (Å²) >= 11 is 12.0. The molecular formula is C22H27Cl2N3O5S. The number of nitrogens with one attached hydrogen (secondary N) is 1. The van der Waals surface area contributed by atoms with Crippen LogP contribution in [0.25, 0.3) is 0 Å². The normalized spacial score (nSPS) is 12.1. The molecule has 180 valence electrons. The first-order valence-corrected chi connectivity index (χ1v) is 12.7. The lowest BCUT2D eigenvalue weighted by Gasteiger charge is -2.32. The molecule has 11 heteroatoms. The number of benzene rings is 2. The van der Waals surface area contributed by atoms with Gasteiger partial charge >= 0.3 is 0 Å². The Hall–Kier alpha value is -2.49. The molecule has 0 radical (unpaired) electrons. The Bertz CT molecular complexity index is 1090. The largest absolute Gasteiger partial charge is 0.495 e. The van der Waals surface area contributed by atoms with Gasteiger partial charge in [-0.1, -0.05) is 42.3 Å². The molecule has 0 aliphatic carbocycles. The summed E-state index contributed by atoms with van der Waals surface area (Å²) in [6, 6.07) is 10.5. The van der Waals surface area contributed by atoms with Crippen LogP contribution < -0.4 is 14.4 Å². The third-order valence-electron chi connectivity index (χ3n) is 4.99. The van der Waals surface area contributed by atoms with Crippen LogP contribution in [0.3, 0.4) is 0 Å². The lowest BCUT2D eigenvalue weighted by Crippen LogP contribution is -2.51. The number of anilines is 1. The Kier molecular flexibility index (Phi) is 9.39. The molecule has 2 amide bonds. The van der Waals surface area contributed by atoms with Gasteiger partial charge in [-0.2, -0.15) is 0 Å². The summed E-state index contributed by atoms with van der Waals surface area (Å²) in [7, 11) is -1.03. The highest BCUT2D eigenvalue weighted by molar-refractivity contribution is 7.92. The number of ether oxygens (including phenoxy) is 1. The van der Waals surface area contributed by atoms with Gasteiger partial charge in [0.1, 0.15) is 18.3 Å². The highest BCUT2D eigenvalue weighted by atomic mass is 35.5. The summed E-state index contributed by atoms with van der Waals surface area (Å²) < 4.78 is 31.5. The number of carbonyl (C=O) groups is 2. The third kappa shape index (κ3) is 6.99. The van der Waals surface area contributed by atoms with Gasteiger partial charge in [0.25, 0.3) is 0 Å². The van der Waals surface area contributed by atoms with Gasteiger partial charge in [-0.3, -0.25) is 13.9 Å². The SMILES string of the molecule is CC[C@H](C(=O)NC)N(Cc1ccc(Cl)cc1)C(=O)CN(c1cc(Cl)ccc1OC)S(C)(=O)=O. The molecule has 0 fully saturated rings. The fourth-order valence-electron chi connectivity index (χ4n) is 3.33. The molecule has 0 unspecified atom stereocenters. The second-order valence-corrected chi connectivity index (χ2v) is 10.1. The van der Waals surface area contributed by atoms with Crippen LogP contribution in [0.1, 0.15) is 18.9 Å². The van der Waals surface area contributed by atoms with E-state index in [2.05, 4.69) is 5.32 Å². The molecule has 1 N–H and O–H groups in total. The zero-order valence-electron chi connectivity index (χ0n) is 18.8. The van der Waals surface area contributed by atoms with Gasteiger partial charge in [0.15, 0.2) is 0 Å². The van der Waals surface area contributed by atoms with Crippen LogP contribution in [0, 0.1) is 0 Å². The van der Waals surface area contributed by atoms with E-state index in [1.807, 2.05) is 0 Å². The summed E-state index contributed by atoms with van der Waals surface area (Å²) in [5.74, 6) is -0.681. The molecule has 0 saturated heterocycles. The van der Waals surface area contributed by atoms with Crippen LogP contribution in [0.2, 0.25) is 10.0 Å². The third-order valence-corrected chi connectivity index (χ3v) is 6.60. The number of amides is 2. The summed E-state index contributed by atoms with van der Waals surface area (Å²) in [6.45, 7) is 1.32. The minimum absolute atomic E-state index is 0.0895. The van der Waals surface area contributed by atoms with Crippen molar-refractivity contribution in [3.8, 4) is 5.75 Å². The highest BCUT2D eigenvalue weighted by Gasteiger charge is 2.32. The maximum atomic E-state index is 13.5. The van der Waals surface area contributed by atoms with Gasteiger partial charge in [-0.05, 0) is 42.3 Å². The molecule has 2 rings (SSSR count). The minimum atomic E-state index is -3.90. The number of likely N-dealkylation sites (N-methyl/N-ethyl adjacent to an activating group) is 1. The molecule has 0 aliphatic heterocycles. The minimum Gasteiger partial charge on any atom is -0.495 e. The maximum Gasteiger partial charge on any atom is 0.244 e. The second kappa shape index (κ2) is 11.6. The average molecular weight is 516 g/mol. The summed E-state index contributed by atoms with van der Waals surface area (Å²) in [5.41, 5.74) is 0.863. The summed E-state index contributed by atoms with van der Waals surface area (Å²) in [5, 5.41) is 3.38. The molecule has 33 heavy (non-hydrogen) atoms. The van der Waals surface area contributed by atoms with Crippen molar-refractivity contribution < 1.29 is 22.7 Å². The molecule has 0 aliphatic rings. The quantitative estimate of drug-likeness (QED) is 0.523. The van der Waals surface area contributed by atoms with Crippen molar-refractivity contribution in [1.29, 1.82) is 0 Å². The Morgan fingerprint density at radius 2 is 1.70 bits per heavy atom. The monoisotopic (exact) mass is 515 g/mol. The van der Waals surface area contributed by atoms with E-state index in [4.69, 9.17) is 27.9 Å². The van der Waals surface area contributed by atoms with E-state index in [9.17, 15) is 18.0 Å². The Balaban J connectivity index is 2.49. The second-order valence-electron chi connectivity index (χ2n) is 7.27. The van der Waals surface area contributed by atoms with Gasteiger partial charge in [-0.15, -0.1) is 0 Å². The molecule has 0 spiro atoms. The van der Waals surface area contributed by atoms with Crippen LogP contribution in [0.5, 0.6) is 5.75 Å². The van der Waals surface area contributed by atoms with Crippen molar-refractivity contribution in [2.24, 2.45) is 0 Å². The summed E-state index contributed by atoms with van der Waals surface area (Å²) in [6.07, 6.45) is 1.32. The van der Waals surface area contributed by atoms with E-state index in [0.717, 1.165) is 16.1 Å². The number of methoxy groups -OCH3 is 1. The molecular weight excluding hydrogens is 489 g/mol. The van der Waals surface area contributed by atoms with Crippen LogP contribution in [0.4, 0.5) is 5.69 Å². The van der Waals surface area contributed by atoms with Crippen LogP contribution in [0.15, 0.2) is 42.5 Å². The van der Waals surface area contributed by atoms with E-state index < -0.39 is 28.5 Å². The highest BCUT2D eigenvalue weighted by Crippen LogP contribution is 2.33. The number of nitrogens with zero attached hydrogens (tertiary/aromatic N) is 2. The van der Waals surface area contributed by atoms with Crippen molar-refractivity contribution in [3.05, 3.63) is 58.1 Å². The molecule has 1 atom stereocenters. The Morgan fingerprint density at radius 3 is 2.21 bits per heavy atom. The van der Waals surface area contributed by atoms with Gasteiger partial charge in [0.2, 0.25) is 21.8 Å². The van der Waals surface area contributed by atoms with E-state index in [1.54, 1.807) is 37.3 Å². The van der Waals surface area contributed by atoms with E-state index in [-0.39, 0.29) is 28.9 Å². The van der Waals surface area contributed by atoms with Gasteiger partial charge in [0.05, 0.1) is 19.1 Å². The lowest BCUT2D eigenvalue weighted by molar-refractivity contribution is -0.140. The van der Waals surface area contributed by atoms with Crippen LogP contribution in [-0.2, 0) is 26.2 Å². The summed E-state index contributed by atoms with van der Waals surface area (Å²) in [4.78, 5) is 27.4.